The molecule has 8 heteroatoms. The summed E-state index contributed by atoms with van der Waals surface area (Å²) in [6, 6.07) is 23.5. The highest BCUT2D eigenvalue weighted by Crippen LogP contribution is 2.28. The highest BCUT2D eigenvalue weighted by Gasteiger charge is 2.16. The number of para-hydroxylation sites is 2. The summed E-state index contributed by atoms with van der Waals surface area (Å²) in [6.07, 6.45) is 0.327. The number of hydrogen-bond donors (Lipinski definition) is 1. The van der Waals surface area contributed by atoms with E-state index in [1.54, 1.807) is 19.2 Å². The van der Waals surface area contributed by atoms with Crippen molar-refractivity contribution in [1.82, 2.24) is 20.1 Å². The Bertz CT molecular complexity index is 1210. The lowest BCUT2D eigenvalue weighted by atomic mass is 10.2. The van der Waals surface area contributed by atoms with Crippen LogP contribution in [0.15, 0.2) is 84.0 Å². The Morgan fingerprint density at radius 2 is 1.73 bits per heavy atom. The van der Waals surface area contributed by atoms with Gasteiger partial charge in [0, 0.05) is 35.5 Å². The first-order valence-corrected chi connectivity index (χ1v) is 11.4. The van der Waals surface area contributed by atoms with E-state index < -0.39 is 0 Å². The number of benzene rings is 3. The molecule has 6 nitrogen and oxygen atoms in total. The molecule has 0 saturated heterocycles. The van der Waals surface area contributed by atoms with Crippen molar-refractivity contribution in [2.75, 3.05) is 12.9 Å². The van der Waals surface area contributed by atoms with Gasteiger partial charge in [-0.05, 0) is 42.5 Å². The lowest BCUT2D eigenvalue weighted by Gasteiger charge is -2.11. The zero-order valence-corrected chi connectivity index (χ0v) is 18.9. The lowest BCUT2D eigenvalue weighted by Crippen LogP contribution is -2.23. The molecular formula is C25H23FN4O2S. The summed E-state index contributed by atoms with van der Waals surface area (Å²) in [5, 5.41) is 12.3. The average molecular weight is 463 g/mol. The van der Waals surface area contributed by atoms with Crippen LogP contribution in [0.5, 0.6) is 5.75 Å². The Kier molecular flexibility index (Phi) is 7.36. The second kappa shape index (κ2) is 10.8. The molecule has 0 aliphatic rings. The monoisotopic (exact) mass is 462 g/mol. The number of rotatable bonds is 9. The molecule has 0 atom stereocenters. The van der Waals surface area contributed by atoms with Crippen LogP contribution in [0.25, 0.3) is 17.1 Å². The summed E-state index contributed by atoms with van der Waals surface area (Å²) < 4.78 is 20.6. The number of hydrogen-bond acceptors (Lipinski definition) is 5. The molecule has 0 aliphatic carbocycles. The van der Waals surface area contributed by atoms with Crippen molar-refractivity contribution in [1.29, 1.82) is 0 Å². The zero-order valence-electron chi connectivity index (χ0n) is 18.1. The highest BCUT2D eigenvalue weighted by atomic mass is 32.2. The van der Waals surface area contributed by atoms with Crippen molar-refractivity contribution in [2.45, 2.75) is 18.1 Å². The van der Waals surface area contributed by atoms with Crippen LogP contribution in [0.2, 0.25) is 0 Å². The number of thioether (sulfide) groups is 1. The third kappa shape index (κ3) is 5.59. The number of ether oxygens (including phenoxy) is 1. The number of methoxy groups -OCH3 is 1. The van der Waals surface area contributed by atoms with Gasteiger partial charge in [0.25, 0.3) is 0 Å². The minimum atomic E-state index is -0.307. The maximum absolute atomic E-state index is 13.4. The van der Waals surface area contributed by atoms with Crippen molar-refractivity contribution in [3.05, 3.63) is 90.2 Å². The fraction of sp³-hybridized carbons (Fsp3) is 0.160. The number of nitrogens with zero attached hydrogens (tertiary/aromatic N) is 3. The van der Waals surface area contributed by atoms with Crippen LogP contribution >= 0.6 is 11.8 Å². The highest BCUT2D eigenvalue weighted by molar-refractivity contribution is 7.99. The molecule has 4 aromatic rings. The Balaban J connectivity index is 1.44. The molecule has 1 aromatic heterocycles. The Labute approximate surface area is 195 Å². The van der Waals surface area contributed by atoms with Gasteiger partial charge in [0.1, 0.15) is 11.6 Å². The number of aromatic nitrogens is 3. The van der Waals surface area contributed by atoms with E-state index in [-0.39, 0.29) is 11.7 Å². The predicted molar refractivity (Wildman–Crippen MR) is 127 cm³/mol. The first kappa shape index (κ1) is 22.5. The van der Waals surface area contributed by atoms with E-state index in [2.05, 4.69) is 15.5 Å². The third-order valence-corrected chi connectivity index (χ3v) is 5.91. The number of halogens is 1. The van der Waals surface area contributed by atoms with E-state index in [4.69, 9.17) is 4.74 Å². The Morgan fingerprint density at radius 3 is 2.48 bits per heavy atom. The summed E-state index contributed by atoms with van der Waals surface area (Å²) in [5.41, 5.74) is 2.58. The van der Waals surface area contributed by atoms with Gasteiger partial charge < -0.3 is 10.1 Å². The topological polar surface area (TPSA) is 69.0 Å². The molecular weight excluding hydrogens is 439 g/mol. The quantitative estimate of drug-likeness (QED) is 0.359. The van der Waals surface area contributed by atoms with Crippen LogP contribution in [0.1, 0.15) is 12.0 Å². The summed E-state index contributed by atoms with van der Waals surface area (Å²) in [5.74, 6) is 1.53. The van der Waals surface area contributed by atoms with Gasteiger partial charge >= 0.3 is 0 Å². The zero-order chi connectivity index (χ0) is 23.0. The molecule has 0 bridgehead atoms. The standard InChI is InChI=1S/C25H23FN4O2S/c1-32-22-10-6-5-7-19(22)17-27-23(31)15-16-33-25-29-28-24(18-11-13-20(26)14-12-18)30(25)21-8-3-2-4-9-21/h2-14H,15-17H2,1H3,(H,27,31). The maximum Gasteiger partial charge on any atom is 0.221 e. The van der Waals surface area contributed by atoms with Crippen molar-refractivity contribution in [3.63, 3.8) is 0 Å². The number of carbonyl (C=O) groups excluding carboxylic acids is 1. The second-order valence-electron chi connectivity index (χ2n) is 7.17. The van der Waals surface area contributed by atoms with Crippen LogP contribution < -0.4 is 10.1 Å². The minimum absolute atomic E-state index is 0.0575. The normalized spacial score (nSPS) is 10.7. The largest absolute Gasteiger partial charge is 0.496 e. The van der Waals surface area contributed by atoms with Crippen molar-refractivity contribution in [2.24, 2.45) is 0 Å². The molecule has 33 heavy (non-hydrogen) atoms. The van der Waals surface area contributed by atoms with Gasteiger partial charge in [0.2, 0.25) is 5.91 Å². The molecule has 1 amide bonds. The number of carbonyl (C=O) groups is 1. The molecule has 0 unspecified atom stereocenters. The van der Waals surface area contributed by atoms with E-state index in [1.807, 2.05) is 59.2 Å². The van der Waals surface area contributed by atoms with E-state index >= 15 is 0 Å². The summed E-state index contributed by atoms with van der Waals surface area (Å²) in [7, 11) is 1.61. The first-order chi connectivity index (χ1) is 16.2. The van der Waals surface area contributed by atoms with E-state index in [9.17, 15) is 9.18 Å². The molecule has 168 valence electrons. The summed E-state index contributed by atoms with van der Waals surface area (Å²) in [4.78, 5) is 12.4. The van der Waals surface area contributed by atoms with E-state index in [0.717, 1.165) is 22.6 Å². The fourth-order valence-corrected chi connectivity index (χ4v) is 4.21. The molecule has 0 spiro atoms. The fourth-order valence-electron chi connectivity index (χ4n) is 3.33. The molecule has 0 aliphatic heterocycles. The molecule has 3 aromatic carbocycles. The Morgan fingerprint density at radius 1 is 1.00 bits per heavy atom. The minimum Gasteiger partial charge on any atom is -0.496 e. The SMILES string of the molecule is COc1ccccc1CNC(=O)CCSc1nnc(-c2ccc(F)cc2)n1-c1ccccc1. The van der Waals surface area contributed by atoms with Gasteiger partial charge in [0.15, 0.2) is 11.0 Å². The van der Waals surface area contributed by atoms with E-state index in [1.165, 1.54) is 23.9 Å². The van der Waals surface area contributed by atoms with Crippen molar-refractivity contribution >= 4 is 17.7 Å². The summed E-state index contributed by atoms with van der Waals surface area (Å²) >= 11 is 1.45. The van der Waals surface area contributed by atoms with E-state index in [0.29, 0.717) is 29.7 Å². The second-order valence-corrected chi connectivity index (χ2v) is 8.23. The first-order valence-electron chi connectivity index (χ1n) is 10.4. The molecule has 1 heterocycles. The van der Waals surface area contributed by atoms with Crippen LogP contribution in [0, 0.1) is 5.82 Å². The average Bonchev–Trinajstić information content (AvgIpc) is 3.27. The lowest BCUT2D eigenvalue weighted by molar-refractivity contribution is -0.120. The van der Waals surface area contributed by atoms with Crippen LogP contribution in [0.4, 0.5) is 4.39 Å². The molecule has 1 N–H and O–H groups in total. The van der Waals surface area contributed by atoms with Crippen LogP contribution in [-0.2, 0) is 11.3 Å². The van der Waals surface area contributed by atoms with Gasteiger partial charge in [0.05, 0.1) is 7.11 Å². The maximum atomic E-state index is 13.4. The smallest absolute Gasteiger partial charge is 0.221 e. The molecule has 0 radical (unpaired) electrons. The Hall–Kier alpha value is -3.65. The van der Waals surface area contributed by atoms with Gasteiger partial charge in [-0.2, -0.15) is 0 Å². The van der Waals surface area contributed by atoms with Gasteiger partial charge in [-0.1, -0.05) is 48.2 Å². The summed E-state index contributed by atoms with van der Waals surface area (Å²) in [6.45, 7) is 0.405. The predicted octanol–water partition coefficient (Wildman–Crippen LogP) is 4.88. The number of nitrogens with one attached hydrogen (secondary N) is 1. The van der Waals surface area contributed by atoms with Crippen LogP contribution in [-0.4, -0.2) is 33.5 Å². The van der Waals surface area contributed by atoms with Crippen LogP contribution in [0.3, 0.4) is 0 Å². The van der Waals surface area contributed by atoms with Gasteiger partial charge in [-0.25, -0.2) is 4.39 Å². The van der Waals surface area contributed by atoms with Crippen molar-refractivity contribution in [3.8, 4) is 22.8 Å². The third-order valence-electron chi connectivity index (χ3n) is 4.98. The van der Waals surface area contributed by atoms with Crippen molar-refractivity contribution < 1.29 is 13.9 Å². The number of amides is 1. The molecule has 4 rings (SSSR count). The molecule has 0 saturated carbocycles. The van der Waals surface area contributed by atoms with Gasteiger partial charge in [-0.3, -0.25) is 9.36 Å². The van der Waals surface area contributed by atoms with Gasteiger partial charge in [-0.15, -0.1) is 10.2 Å². The molecule has 0 fully saturated rings.